The molecular weight excluding hydrogens is 190 g/mol. The largest absolute Gasteiger partial charge is 0.348 e. The molecule has 0 bridgehead atoms. The standard InChI is InChI=1S/C12H19NS/c1-10-5-6-11(2)13(10)9-12(3)7-4-8-14-12/h5-6H,4,7-9H2,1-3H3. The third-order valence-electron chi connectivity index (χ3n) is 3.21. The van der Waals surface area contributed by atoms with Crippen LogP contribution < -0.4 is 0 Å². The van der Waals surface area contributed by atoms with E-state index in [-0.39, 0.29) is 0 Å². The van der Waals surface area contributed by atoms with Gasteiger partial charge in [-0.25, -0.2) is 0 Å². The maximum absolute atomic E-state index is 2.46. The second kappa shape index (κ2) is 3.65. The molecule has 78 valence electrons. The molecule has 1 fully saturated rings. The molecule has 1 aromatic heterocycles. The first-order chi connectivity index (χ1) is 6.61. The molecule has 0 amide bonds. The topological polar surface area (TPSA) is 4.93 Å². The molecule has 1 saturated heterocycles. The van der Waals surface area contributed by atoms with Crippen molar-refractivity contribution in [3.05, 3.63) is 23.5 Å². The fourth-order valence-electron chi connectivity index (χ4n) is 2.24. The second-order valence-corrected chi connectivity index (χ2v) is 6.29. The smallest absolute Gasteiger partial charge is 0.0369 e. The van der Waals surface area contributed by atoms with Crippen LogP contribution in [0.5, 0.6) is 0 Å². The van der Waals surface area contributed by atoms with E-state index in [0.717, 1.165) is 0 Å². The van der Waals surface area contributed by atoms with Crippen molar-refractivity contribution in [3.63, 3.8) is 0 Å². The molecule has 2 heteroatoms. The van der Waals surface area contributed by atoms with Crippen LogP contribution in [0.15, 0.2) is 12.1 Å². The van der Waals surface area contributed by atoms with Gasteiger partial charge in [0, 0.05) is 22.7 Å². The maximum Gasteiger partial charge on any atom is 0.0369 e. The zero-order chi connectivity index (χ0) is 10.2. The Labute approximate surface area is 90.9 Å². The van der Waals surface area contributed by atoms with E-state index in [0.29, 0.717) is 4.75 Å². The maximum atomic E-state index is 2.46. The lowest BCUT2D eigenvalue weighted by Gasteiger charge is -2.25. The molecule has 1 aliphatic rings. The van der Waals surface area contributed by atoms with Crippen molar-refractivity contribution in [2.75, 3.05) is 5.75 Å². The van der Waals surface area contributed by atoms with Gasteiger partial charge in [-0.15, -0.1) is 0 Å². The fraction of sp³-hybridized carbons (Fsp3) is 0.667. The summed E-state index contributed by atoms with van der Waals surface area (Å²) in [5.74, 6) is 1.34. The lowest BCUT2D eigenvalue weighted by Crippen LogP contribution is -2.24. The number of nitrogens with zero attached hydrogens (tertiary/aromatic N) is 1. The van der Waals surface area contributed by atoms with Gasteiger partial charge in [0.05, 0.1) is 0 Å². The molecule has 0 aliphatic carbocycles. The summed E-state index contributed by atoms with van der Waals surface area (Å²) in [4.78, 5) is 0. The number of thioether (sulfide) groups is 1. The Morgan fingerprint density at radius 3 is 2.50 bits per heavy atom. The number of rotatable bonds is 2. The summed E-state index contributed by atoms with van der Waals surface area (Å²) < 4.78 is 2.94. The van der Waals surface area contributed by atoms with Crippen LogP contribution >= 0.6 is 11.8 Å². The Balaban J connectivity index is 2.17. The Hall–Kier alpha value is -0.370. The van der Waals surface area contributed by atoms with E-state index in [2.05, 4.69) is 49.2 Å². The molecule has 14 heavy (non-hydrogen) atoms. The minimum Gasteiger partial charge on any atom is -0.348 e. The second-order valence-electron chi connectivity index (χ2n) is 4.60. The minimum atomic E-state index is 0.481. The molecule has 0 radical (unpaired) electrons. The SMILES string of the molecule is Cc1ccc(C)n1CC1(C)CCCS1. The van der Waals surface area contributed by atoms with Crippen molar-refractivity contribution >= 4 is 11.8 Å². The lowest BCUT2D eigenvalue weighted by molar-refractivity contribution is 0.499. The number of aromatic nitrogens is 1. The minimum absolute atomic E-state index is 0.481. The van der Waals surface area contributed by atoms with E-state index in [1.807, 2.05) is 0 Å². The van der Waals surface area contributed by atoms with Crippen LogP contribution in [-0.4, -0.2) is 15.1 Å². The number of aryl methyl sites for hydroxylation is 2. The molecule has 1 nitrogen and oxygen atoms in total. The summed E-state index contributed by atoms with van der Waals surface area (Å²) in [6.07, 6.45) is 2.76. The highest BCUT2D eigenvalue weighted by atomic mass is 32.2. The average molecular weight is 209 g/mol. The van der Waals surface area contributed by atoms with E-state index < -0.39 is 0 Å². The first kappa shape index (κ1) is 10.2. The quantitative estimate of drug-likeness (QED) is 0.723. The third-order valence-corrected chi connectivity index (χ3v) is 4.73. The Bertz CT molecular complexity index is 302. The molecule has 0 N–H and O–H groups in total. The van der Waals surface area contributed by atoms with E-state index in [1.165, 1.54) is 36.5 Å². The van der Waals surface area contributed by atoms with Gasteiger partial charge in [-0.05, 0) is 51.5 Å². The van der Waals surface area contributed by atoms with Crippen molar-refractivity contribution in [2.45, 2.75) is 44.9 Å². The highest BCUT2D eigenvalue weighted by molar-refractivity contribution is 8.00. The molecule has 0 saturated carbocycles. The first-order valence-electron chi connectivity index (χ1n) is 5.37. The van der Waals surface area contributed by atoms with Crippen LogP contribution in [-0.2, 0) is 6.54 Å². The van der Waals surface area contributed by atoms with Crippen LogP contribution in [0.1, 0.15) is 31.2 Å². The van der Waals surface area contributed by atoms with Crippen molar-refractivity contribution in [3.8, 4) is 0 Å². The van der Waals surface area contributed by atoms with Crippen molar-refractivity contribution in [2.24, 2.45) is 0 Å². The van der Waals surface area contributed by atoms with E-state index in [1.54, 1.807) is 0 Å². The molecule has 0 spiro atoms. The summed E-state index contributed by atoms with van der Waals surface area (Å²) in [5.41, 5.74) is 2.80. The summed E-state index contributed by atoms with van der Waals surface area (Å²) in [6.45, 7) is 8.00. The molecule has 1 aromatic rings. The zero-order valence-corrected chi connectivity index (χ0v) is 10.2. The van der Waals surface area contributed by atoms with Gasteiger partial charge in [-0.3, -0.25) is 0 Å². The molecule has 1 atom stereocenters. The molecule has 1 aliphatic heterocycles. The third kappa shape index (κ3) is 1.85. The van der Waals surface area contributed by atoms with Crippen LogP contribution in [0.2, 0.25) is 0 Å². The van der Waals surface area contributed by atoms with E-state index in [9.17, 15) is 0 Å². The lowest BCUT2D eigenvalue weighted by atomic mass is 10.1. The summed E-state index contributed by atoms with van der Waals surface area (Å²) in [6, 6.07) is 4.44. The van der Waals surface area contributed by atoms with Crippen molar-refractivity contribution < 1.29 is 0 Å². The van der Waals surface area contributed by atoms with Crippen molar-refractivity contribution in [1.82, 2.24) is 4.57 Å². The van der Waals surface area contributed by atoms with Crippen molar-refractivity contribution in [1.29, 1.82) is 0 Å². The van der Waals surface area contributed by atoms with Gasteiger partial charge in [-0.1, -0.05) is 0 Å². The van der Waals surface area contributed by atoms with Gasteiger partial charge in [0.25, 0.3) is 0 Å². The van der Waals surface area contributed by atoms with E-state index in [4.69, 9.17) is 0 Å². The highest BCUT2D eigenvalue weighted by Crippen LogP contribution is 2.39. The summed E-state index contributed by atoms with van der Waals surface area (Å²) >= 11 is 2.14. The van der Waals surface area contributed by atoms with Crippen LogP contribution in [0.3, 0.4) is 0 Å². The van der Waals surface area contributed by atoms with Gasteiger partial charge >= 0.3 is 0 Å². The number of hydrogen-bond donors (Lipinski definition) is 0. The van der Waals surface area contributed by atoms with Crippen LogP contribution in [0.25, 0.3) is 0 Å². The highest BCUT2D eigenvalue weighted by Gasteiger charge is 2.30. The van der Waals surface area contributed by atoms with Gasteiger partial charge in [-0.2, -0.15) is 11.8 Å². The van der Waals surface area contributed by atoms with Gasteiger partial charge in [0.1, 0.15) is 0 Å². The van der Waals surface area contributed by atoms with Crippen LogP contribution in [0.4, 0.5) is 0 Å². The normalized spacial score (nSPS) is 27.1. The van der Waals surface area contributed by atoms with Gasteiger partial charge in [0.15, 0.2) is 0 Å². The van der Waals surface area contributed by atoms with E-state index >= 15 is 0 Å². The molecular formula is C12H19NS. The Morgan fingerprint density at radius 1 is 1.36 bits per heavy atom. The molecule has 1 unspecified atom stereocenters. The predicted molar refractivity (Wildman–Crippen MR) is 64.0 cm³/mol. The molecule has 2 heterocycles. The average Bonchev–Trinajstić information content (AvgIpc) is 2.68. The Morgan fingerprint density at radius 2 is 2.00 bits per heavy atom. The Kier molecular flexibility index (Phi) is 2.65. The zero-order valence-electron chi connectivity index (χ0n) is 9.34. The monoisotopic (exact) mass is 209 g/mol. The summed E-state index contributed by atoms with van der Waals surface area (Å²) in [7, 11) is 0. The first-order valence-corrected chi connectivity index (χ1v) is 6.36. The van der Waals surface area contributed by atoms with Crippen LogP contribution in [0, 0.1) is 13.8 Å². The number of hydrogen-bond acceptors (Lipinski definition) is 1. The molecule has 0 aromatic carbocycles. The van der Waals surface area contributed by atoms with Gasteiger partial charge < -0.3 is 4.57 Å². The van der Waals surface area contributed by atoms with Gasteiger partial charge in [0.2, 0.25) is 0 Å². The predicted octanol–water partition coefficient (Wildman–Crippen LogP) is 3.39. The summed E-state index contributed by atoms with van der Waals surface area (Å²) in [5, 5.41) is 0. The molecule has 2 rings (SSSR count). The fourth-order valence-corrected chi connectivity index (χ4v) is 3.54.